The number of anilines is 2. The van der Waals surface area contributed by atoms with Crippen LogP contribution in [0.4, 0.5) is 38.0 Å². The lowest BCUT2D eigenvalue weighted by Crippen LogP contribution is -2.50. The summed E-state index contributed by atoms with van der Waals surface area (Å²) in [6.45, 7) is 4.63. The normalized spacial score (nSPS) is 17.8. The van der Waals surface area contributed by atoms with E-state index < -0.39 is 35.3 Å². The Morgan fingerprint density at radius 2 is 1.00 bits per heavy atom. The van der Waals surface area contributed by atoms with Crippen molar-refractivity contribution >= 4 is 17.4 Å². The molecule has 4 aromatic heterocycles. The fourth-order valence-corrected chi connectivity index (χ4v) is 6.50. The number of rotatable bonds is 10. The molecular formula is C35H36F6N8O. The predicted molar refractivity (Wildman–Crippen MR) is 175 cm³/mol. The first kappa shape index (κ1) is 35.2. The molecule has 6 rings (SSSR count). The maximum absolute atomic E-state index is 14.7. The summed E-state index contributed by atoms with van der Waals surface area (Å²) in [6.07, 6.45) is 0.0695. The number of piperazine rings is 2. The molecule has 2 atom stereocenters. The molecule has 0 saturated carbocycles. The summed E-state index contributed by atoms with van der Waals surface area (Å²) in [5.41, 5.74) is 0.0207. The third-order valence-electron chi connectivity index (χ3n) is 9.28. The van der Waals surface area contributed by atoms with E-state index in [2.05, 4.69) is 29.7 Å². The molecule has 0 N–H and O–H groups in total. The highest BCUT2D eigenvalue weighted by atomic mass is 19.4. The Labute approximate surface area is 285 Å². The SMILES string of the molecule is O=C(C(CN1CCN(c2cc(C(F)(F)F)ccn2)CC1)c1cccnc1)C(CN1CCN(c2cc(C(F)(F)F)ccn2)CC1)c1cccnc1. The largest absolute Gasteiger partial charge is 0.416 e. The average Bonchev–Trinajstić information content (AvgIpc) is 3.13. The Morgan fingerprint density at radius 3 is 1.34 bits per heavy atom. The summed E-state index contributed by atoms with van der Waals surface area (Å²) in [5, 5.41) is 0. The second-order valence-electron chi connectivity index (χ2n) is 12.5. The van der Waals surface area contributed by atoms with Crippen molar-refractivity contribution in [2.45, 2.75) is 24.2 Å². The van der Waals surface area contributed by atoms with E-state index in [-0.39, 0.29) is 17.4 Å². The number of ketones is 1. The van der Waals surface area contributed by atoms with Crippen LogP contribution in [-0.4, -0.2) is 101 Å². The van der Waals surface area contributed by atoms with Gasteiger partial charge >= 0.3 is 12.4 Å². The minimum Gasteiger partial charge on any atom is -0.354 e. The number of hydrogen-bond donors (Lipinski definition) is 0. The Kier molecular flexibility index (Phi) is 10.6. The van der Waals surface area contributed by atoms with Gasteiger partial charge in [-0.05, 0) is 47.5 Å². The van der Waals surface area contributed by atoms with E-state index in [4.69, 9.17) is 0 Å². The molecule has 0 aromatic carbocycles. The maximum atomic E-state index is 14.7. The van der Waals surface area contributed by atoms with Gasteiger partial charge in [-0.15, -0.1) is 0 Å². The number of carbonyl (C=O) groups is 1. The molecule has 6 heterocycles. The van der Waals surface area contributed by atoms with Gasteiger partial charge in [-0.3, -0.25) is 24.6 Å². The van der Waals surface area contributed by atoms with E-state index in [0.717, 1.165) is 35.4 Å². The summed E-state index contributed by atoms with van der Waals surface area (Å²) in [7, 11) is 0. The van der Waals surface area contributed by atoms with Crippen LogP contribution < -0.4 is 9.80 Å². The van der Waals surface area contributed by atoms with Gasteiger partial charge in [-0.1, -0.05) is 12.1 Å². The monoisotopic (exact) mass is 698 g/mol. The Bertz CT molecular complexity index is 1580. The summed E-state index contributed by atoms with van der Waals surface area (Å²) in [4.78, 5) is 39.5. The minimum atomic E-state index is -4.46. The van der Waals surface area contributed by atoms with Crippen LogP contribution in [0, 0.1) is 0 Å². The maximum Gasteiger partial charge on any atom is 0.416 e. The molecule has 0 spiro atoms. The van der Waals surface area contributed by atoms with Crippen LogP contribution >= 0.6 is 0 Å². The van der Waals surface area contributed by atoms with Gasteiger partial charge in [0.05, 0.1) is 23.0 Å². The molecule has 4 aromatic rings. The second-order valence-corrected chi connectivity index (χ2v) is 12.5. The number of hydrogen-bond acceptors (Lipinski definition) is 9. The van der Waals surface area contributed by atoms with Crippen molar-refractivity contribution in [3.8, 4) is 0 Å². The second kappa shape index (κ2) is 15.1. The quantitative estimate of drug-likeness (QED) is 0.203. The van der Waals surface area contributed by atoms with E-state index in [1.807, 2.05) is 21.9 Å². The number of aromatic nitrogens is 4. The molecule has 2 fully saturated rings. The van der Waals surface area contributed by atoms with Crippen molar-refractivity contribution in [1.82, 2.24) is 29.7 Å². The Hall–Kier alpha value is -4.63. The summed E-state index contributed by atoms with van der Waals surface area (Å²) in [5.74, 6) is -0.597. The van der Waals surface area contributed by atoms with E-state index in [9.17, 15) is 31.1 Å². The zero-order chi connectivity index (χ0) is 35.3. The van der Waals surface area contributed by atoms with Crippen molar-refractivity contribution in [1.29, 1.82) is 0 Å². The highest BCUT2D eigenvalue weighted by Gasteiger charge is 2.36. The number of pyridine rings is 4. The molecule has 2 aliphatic heterocycles. The topological polar surface area (TPSA) is 81.6 Å². The highest BCUT2D eigenvalue weighted by molar-refractivity contribution is 5.92. The number of nitrogens with zero attached hydrogens (tertiary/aromatic N) is 8. The Morgan fingerprint density at radius 1 is 0.600 bits per heavy atom. The highest BCUT2D eigenvalue weighted by Crippen LogP contribution is 2.33. The first-order valence-electron chi connectivity index (χ1n) is 16.3. The van der Waals surface area contributed by atoms with E-state index in [1.165, 1.54) is 12.4 Å². The van der Waals surface area contributed by atoms with Crippen molar-refractivity contribution in [2.24, 2.45) is 0 Å². The number of alkyl halides is 6. The molecule has 0 bridgehead atoms. The molecule has 0 amide bonds. The molecule has 9 nitrogen and oxygen atoms in total. The zero-order valence-electron chi connectivity index (χ0n) is 27.1. The zero-order valence-corrected chi connectivity index (χ0v) is 27.1. The lowest BCUT2D eigenvalue weighted by atomic mass is 9.83. The smallest absolute Gasteiger partial charge is 0.354 e. The Balaban J connectivity index is 1.16. The number of Topliss-reactive ketones (excluding diaryl/α,β-unsaturated/α-hetero) is 1. The van der Waals surface area contributed by atoms with Crippen molar-refractivity contribution in [3.05, 3.63) is 108 Å². The van der Waals surface area contributed by atoms with Gasteiger partial charge in [-0.25, -0.2) is 9.97 Å². The first-order valence-corrected chi connectivity index (χ1v) is 16.3. The van der Waals surface area contributed by atoms with Crippen LogP contribution in [0.5, 0.6) is 0 Å². The van der Waals surface area contributed by atoms with Crippen LogP contribution in [0.2, 0.25) is 0 Å². The van der Waals surface area contributed by atoms with Gasteiger partial charge in [0.25, 0.3) is 0 Å². The van der Waals surface area contributed by atoms with Gasteiger partial charge < -0.3 is 9.80 Å². The lowest BCUT2D eigenvalue weighted by molar-refractivity contribution is -0.138. The summed E-state index contributed by atoms with van der Waals surface area (Å²) < 4.78 is 79.9. The van der Waals surface area contributed by atoms with Crippen LogP contribution in [-0.2, 0) is 17.1 Å². The molecule has 2 saturated heterocycles. The van der Waals surface area contributed by atoms with Crippen LogP contribution in [0.25, 0.3) is 0 Å². The van der Waals surface area contributed by atoms with Gasteiger partial charge in [0.2, 0.25) is 0 Å². The fraction of sp³-hybridized carbons (Fsp3) is 0.400. The first-order chi connectivity index (χ1) is 24.0. The molecule has 50 heavy (non-hydrogen) atoms. The van der Waals surface area contributed by atoms with E-state index in [0.29, 0.717) is 65.4 Å². The third-order valence-corrected chi connectivity index (χ3v) is 9.28. The summed E-state index contributed by atoms with van der Waals surface area (Å²) >= 11 is 0. The molecule has 264 valence electrons. The molecule has 2 aliphatic rings. The van der Waals surface area contributed by atoms with Gasteiger partial charge in [-0.2, -0.15) is 26.3 Å². The van der Waals surface area contributed by atoms with Crippen LogP contribution in [0.15, 0.2) is 85.7 Å². The third kappa shape index (κ3) is 8.56. The minimum absolute atomic E-state index is 0.0186. The van der Waals surface area contributed by atoms with Gasteiger partial charge in [0.1, 0.15) is 17.4 Å². The lowest BCUT2D eigenvalue weighted by Gasteiger charge is -2.39. The number of carbonyl (C=O) groups excluding carboxylic acids is 1. The van der Waals surface area contributed by atoms with Crippen molar-refractivity contribution < 1.29 is 31.1 Å². The number of halogens is 6. The standard InChI is InChI=1S/C35H36F6N8O/c36-34(37,38)27-5-9-44-31(19-27)48-15-11-46(12-16-48)23-29(25-3-1-7-42-21-25)33(50)30(26-4-2-8-43-22-26)24-47-13-17-49(18-14-47)32-20-28(6-10-45-32)35(39,40)41/h1-10,19-22,29-30H,11-18,23-24H2. The molecule has 0 radical (unpaired) electrons. The molecule has 15 heteroatoms. The van der Waals surface area contributed by atoms with Crippen LogP contribution in [0.1, 0.15) is 34.1 Å². The molecule has 2 unspecified atom stereocenters. The average molecular weight is 699 g/mol. The van der Waals surface area contributed by atoms with Crippen molar-refractivity contribution in [2.75, 3.05) is 75.2 Å². The fourth-order valence-electron chi connectivity index (χ4n) is 6.50. The van der Waals surface area contributed by atoms with E-state index in [1.54, 1.807) is 36.9 Å². The van der Waals surface area contributed by atoms with E-state index >= 15 is 0 Å². The van der Waals surface area contributed by atoms with Crippen molar-refractivity contribution in [3.63, 3.8) is 0 Å². The predicted octanol–water partition coefficient (Wildman–Crippen LogP) is 5.39. The summed E-state index contributed by atoms with van der Waals surface area (Å²) in [6, 6.07) is 11.4. The van der Waals surface area contributed by atoms with Gasteiger partial charge in [0.15, 0.2) is 0 Å². The van der Waals surface area contributed by atoms with Gasteiger partial charge in [0, 0.05) is 103 Å². The molecular weight excluding hydrogens is 662 g/mol. The molecule has 0 aliphatic carbocycles. The van der Waals surface area contributed by atoms with Crippen LogP contribution in [0.3, 0.4) is 0 Å².